The number of methoxy groups -OCH3 is 1. The van der Waals surface area contributed by atoms with Crippen LogP contribution in [-0.2, 0) is 26.2 Å². The molecule has 1 N–H and O–H groups in total. The zero-order valence-corrected chi connectivity index (χ0v) is 22.9. The molecular formula is C28H39N3O5S. The summed E-state index contributed by atoms with van der Waals surface area (Å²) in [6.45, 7) is 2.20. The molecule has 1 fully saturated rings. The van der Waals surface area contributed by atoms with E-state index in [9.17, 15) is 18.0 Å². The summed E-state index contributed by atoms with van der Waals surface area (Å²) in [7, 11) is -1.91. The molecule has 3 rings (SSSR count). The van der Waals surface area contributed by atoms with Crippen molar-refractivity contribution in [3.05, 3.63) is 60.2 Å². The van der Waals surface area contributed by atoms with E-state index in [1.807, 2.05) is 30.3 Å². The van der Waals surface area contributed by atoms with Crippen LogP contribution in [0.5, 0.6) is 5.75 Å². The lowest BCUT2D eigenvalue weighted by Gasteiger charge is -2.31. The molecule has 0 aromatic heterocycles. The monoisotopic (exact) mass is 529 g/mol. The van der Waals surface area contributed by atoms with Gasteiger partial charge >= 0.3 is 0 Å². The highest BCUT2D eigenvalue weighted by Gasteiger charge is 2.28. The average Bonchev–Trinajstić information content (AvgIpc) is 2.90. The minimum atomic E-state index is -3.51. The van der Waals surface area contributed by atoms with Crippen LogP contribution in [0.25, 0.3) is 0 Å². The van der Waals surface area contributed by atoms with Crippen LogP contribution in [0.15, 0.2) is 54.6 Å². The number of ether oxygens (including phenoxy) is 1. The number of anilines is 1. The van der Waals surface area contributed by atoms with E-state index < -0.39 is 16.1 Å². The standard InChI is InChI=1S/C28H39N3O5S/c1-22(28(33)29-24-11-6-4-7-12-24)30(21-23-16-18-26(36-2)19-17-23)27(32)15-10-20-31(37(3,34)35)25-13-8-5-9-14-25/h5,8-9,13-14,16-19,22,24H,4,6-7,10-12,15,20-21H2,1-3H3,(H,29,33)/t22-/m1/s1. The minimum absolute atomic E-state index is 0.121. The molecule has 2 aromatic rings. The maximum Gasteiger partial charge on any atom is 0.242 e. The largest absolute Gasteiger partial charge is 0.497 e. The molecule has 0 saturated heterocycles. The average molecular weight is 530 g/mol. The van der Waals surface area contributed by atoms with E-state index in [4.69, 9.17) is 4.74 Å². The number of rotatable bonds is 12. The fourth-order valence-electron chi connectivity index (χ4n) is 4.68. The highest BCUT2D eigenvalue weighted by molar-refractivity contribution is 7.92. The Hall–Kier alpha value is -3.07. The molecule has 1 aliphatic rings. The molecule has 0 radical (unpaired) electrons. The van der Waals surface area contributed by atoms with Crippen LogP contribution < -0.4 is 14.4 Å². The molecule has 0 bridgehead atoms. The highest BCUT2D eigenvalue weighted by atomic mass is 32.2. The first-order valence-corrected chi connectivity index (χ1v) is 14.8. The lowest BCUT2D eigenvalue weighted by molar-refractivity contribution is -0.141. The maximum absolute atomic E-state index is 13.4. The van der Waals surface area contributed by atoms with Crippen LogP contribution in [-0.4, -0.2) is 57.1 Å². The third-order valence-electron chi connectivity index (χ3n) is 6.83. The number of nitrogens with one attached hydrogen (secondary N) is 1. The van der Waals surface area contributed by atoms with Gasteiger partial charge in [0, 0.05) is 25.6 Å². The molecule has 0 unspecified atom stereocenters. The van der Waals surface area contributed by atoms with Crippen LogP contribution in [0.1, 0.15) is 57.4 Å². The van der Waals surface area contributed by atoms with Crippen LogP contribution in [0.3, 0.4) is 0 Å². The van der Waals surface area contributed by atoms with Gasteiger partial charge in [-0.3, -0.25) is 13.9 Å². The molecule has 37 heavy (non-hydrogen) atoms. The van der Waals surface area contributed by atoms with Crippen LogP contribution in [0.2, 0.25) is 0 Å². The Balaban J connectivity index is 1.70. The SMILES string of the molecule is COc1ccc(CN(C(=O)CCCN(c2ccccc2)S(C)(=O)=O)[C@H](C)C(=O)NC2CCCCC2)cc1. The molecule has 0 heterocycles. The Bertz CT molecular complexity index is 1120. The lowest BCUT2D eigenvalue weighted by Crippen LogP contribution is -2.50. The Morgan fingerprint density at radius 2 is 1.68 bits per heavy atom. The number of carbonyl (C=O) groups excluding carboxylic acids is 2. The maximum atomic E-state index is 13.4. The molecule has 202 valence electrons. The predicted molar refractivity (Wildman–Crippen MR) is 146 cm³/mol. The van der Waals surface area contributed by atoms with Crippen LogP contribution >= 0.6 is 0 Å². The zero-order chi connectivity index (χ0) is 26.8. The Morgan fingerprint density at radius 3 is 2.27 bits per heavy atom. The summed E-state index contributed by atoms with van der Waals surface area (Å²) < 4.78 is 31.3. The van der Waals surface area contributed by atoms with E-state index in [0.717, 1.165) is 37.5 Å². The van der Waals surface area contributed by atoms with Crippen LogP contribution in [0, 0.1) is 0 Å². The van der Waals surface area contributed by atoms with E-state index in [1.165, 1.54) is 10.7 Å². The van der Waals surface area contributed by atoms with Gasteiger partial charge < -0.3 is 15.0 Å². The van der Waals surface area contributed by atoms with Gasteiger partial charge in [0.25, 0.3) is 0 Å². The first kappa shape index (κ1) is 28.5. The highest BCUT2D eigenvalue weighted by Crippen LogP contribution is 2.21. The van der Waals surface area contributed by atoms with Gasteiger partial charge in [-0.15, -0.1) is 0 Å². The summed E-state index contributed by atoms with van der Waals surface area (Å²) >= 11 is 0. The third kappa shape index (κ3) is 8.49. The van der Waals surface area contributed by atoms with E-state index in [0.29, 0.717) is 17.9 Å². The molecule has 1 saturated carbocycles. The summed E-state index contributed by atoms with van der Waals surface area (Å²) in [6.07, 6.45) is 6.94. The van der Waals surface area contributed by atoms with Gasteiger partial charge in [-0.1, -0.05) is 49.6 Å². The molecule has 0 aliphatic heterocycles. The number of amides is 2. The first-order chi connectivity index (χ1) is 17.7. The van der Waals surface area contributed by atoms with Crippen LogP contribution in [0.4, 0.5) is 5.69 Å². The number of hydrogen-bond donors (Lipinski definition) is 1. The third-order valence-corrected chi connectivity index (χ3v) is 8.02. The molecule has 1 aliphatic carbocycles. The van der Waals surface area contributed by atoms with Gasteiger partial charge in [0.15, 0.2) is 0 Å². The number of sulfonamides is 1. The number of carbonyl (C=O) groups is 2. The molecule has 2 amide bonds. The van der Waals surface area contributed by atoms with Crippen molar-refractivity contribution >= 4 is 27.5 Å². The minimum Gasteiger partial charge on any atom is -0.497 e. The quantitative estimate of drug-likeness (QED) is 0.447. The van der Waals surface area contributed by atoms with Crippen molar-refractivity contribution in [1.29, 1.82) is 0 Å². The topological polar surface area (TPSA) is 96.0 Å². The molecule has 2 aromatic carbocycles. The second-order valence-electron chi connectivity index (χ2n) is 9.66. The van der Waals surface area contributed by atoms with Gasteiger partial charge in [-0.05, 0) is 56.0 Å². The van der Waals surface area contributed by atoms with Crippen molar-refractivity contribution in [1.82, 2.24) is 10.2 Å². The Morgan fingerprint density at radius 1 is 1.03 bits per heavy atom. The van der Waals surface area contributed by atoms with Gasteiger partial charge in [0.2, 0.25) is 21.8 Å². The van der Waals surface area contributed by atoms with E-state index in [1.54, 1.807) is 43.2 Å². The summed E-state index contributed by atoms with van der Waals surface area (Å²) in [4.78, 5) is 28.2. The van der Waals surface area contributed by atoms with Crippen molar-refractivity contribution < 1.29 is 22.7 Å². The van der Waals surface area contributed by atoms with Crippen molar-refractivity contribution in [3.8, 4) is 5.75 Å². The molecule has 8 nitrogen and oxygen atoms in total. The molecule has 9 heteroatoms. The number of nitrogens with zero attached hydrogens (tertiary/aromatic N) is 2. The second kappa shape index (κ2) is 13.5. The fraction of sp³-hybridized carbons (Fsp3) is 0.500. The molecule has 1 atom stereocenters. The number of hydrogen-bond acceptors (Lipinski definition) is 5. The summed E-state index contributed by atoms with van der Waals surface area (Å²) in [5.74, 6) is 0.367. The van der Waals surface area contributed by atoms with Crippen molar-refractivity contribution in [2.45, 2.75) is 70.5 Å². The smallest absolute Gasteiger partial charge is 0.242 e. The van der Waals surface area contributed by atoms with Gasteiger partial charge in [0.1, 0.15) is 11.8 Å². The zero-order valence-electron chi connectivity index (χ0n) is 22.1. The van der Waals surface area contributed by atoms with Crippen molar-refractivity contribution in [2.24, 2.45) is 0 Å². The first-order valence-electron chi connectivity index (χ1n) is 12.9. The molecular weight excluding hydrogens is 490 g/mol. The Labute approximate surface area is 221 Å². The lowest BCUT2D eigenvalue weighted by atomic mass is 9.95. The van der Waals surface area contributed by atoms with Crippen molar-refractivity contribution in [3.63, 3.8) is 0 Å². The molecule has 0 spiro atoms. The number of para-hydroxylation sites is 1. The predicted octanol–water partition coefficient (Wildman–Crippen LogP) is 4.11. The Kier molecular flexibility index (Phi) is 10.4. The summed E-state index contributed by atoms with van der Waals surface area (Å²) in [5, 5.41) is 3.13. The van der Waals surface area contributed by atoms with Gasteiger partial charge in [0.05, 0.1) is 19.1 Å². The normalized spacial score (nSPS) is 15.0. The van der Waals surface area contributed by atoms with E-state index >= 15 is 0 Å². The fourth-order valence-corrected chi connectivity index (χ4v) is 5.64. The summed E-state index contributed by atoms with van der Waals surface area (Å²) in [6, 6.07) is 15.8. The second-order valence-corrected chi connectivity index (χ2v) is 11.6. The van der Waals surface area contributed by atoms with E-state index in [-0.39, 0.29) is 37.4 Å². The van der Waals surface area contributed by atoms with E-state index in [2.05, 4.69) is 5.32 Å². The van der Waals surface area contributed by atoms with Gasteiger partial charge in [-0.25, -0.2) is 8.42 Å². The van der Waals surface area contributed by atoms with Gasteiger partial charge in [-0.2, -0.15) is 0 Å². The number of benzene rings is 2. The summed E-state index contributed by atoms with van der Waals surface area (Å²) in [5.41, 5.74) is 1.45. The van der Waals surface area contributed by atoms with Crippen molar-refractivity contribution in [2.75, 3.05) is 24.2 Å².